The lowest BCUT2D eigenvalue weighted by Gasteiger charge is -2.38. The van der Waals surface area contributed by atoms with Crippen molar-refractivity contribution in [3.05, 3.63) is 99.8 Å². The van der Waals surface area contributed by atoms with E-state index in [-0.39, 0.29) is 18.0 Å². The highest BCUT2D eigenvalue weighted by Gasteiger charge is 2.41. The lowest BCUT2D eigenvalue weighted by atomic mass is 9.87. The zero-order valence-corrected chi connectivity index (χ0v) is 15.9. The van der Waals surface area contributed by atoms with Crippen molar-refractivity contribution < 1.29 is 9.13 Å². The molecule has 4 heterocycles. The van der Waals surface area contributed by atoms with Crippen molar-refractivity contribution in [2.45, 2.75) is 12.1 Å². The number of hydrogen-bond donors (Lipinski definition) is 1. The van der Waals surface area contributed by atoms with E-state index in [0.717, 1.165) is 33.0 Å². The molecule has 4 aromatic rings. The zero-order valence-electron chi connectivity index (χ0n) is 15.1. The predicted molar refractivity (Wildman–Crippen MR) is 109 cm³/mol. The van der Waals surface area contributed by atoms with Crippen LogP contribution in [0.3, 0.4) is 0 Å². The van der Waals surface area contributed by atoms with Gasteiger partial charge in [0.15, 0.2) is 0 Å². The first-order valence-corrected chi connectivity index (χ1v) is 10.1. The summed E-state index contributed by atoms with van der Waals surface area (Å²) in [5, 5.41) is 10.00. The van der Waals surface area contributed by atoms with E-state index in [1.807, 2.05) is 35.0 Å². The highest BCUT2D eigenvalue weighted by molar-refractivity contribution is 7.10. The average Bonchev–Trinajstić information content (AvgIpc) is 3.44. The quantitative estimate of drug-likeness (QED) is 0.510. The highest BCUT2D eigenvalue weighted by atomic mass is 32.1. The van der Waals surface area contributed by atoms with Crippen LogP contribution in [0.1, 0.15) is 28.1 Å². The minimum Gasteiger partial charge on any atom is -0.480 e. The molecule has 2 aromatic heterocycles. The van der Waals surface area contributed by atoms with Crippen molar-refractivity contribution in [2.75, 3.05) is 5.32 Å². The fourth-order valence-electron chi connectivity index (χ4n) is 4.05. The Labute approximate surface area is 170 Å². The lowest BCUT2D eigenvalue weighted by molar-refractivity contribution is 0.223. The molecule has 0 saturated carbocycles. The molecule has 0 bridgehead atoms. The molecule has 0 fully saturated rings. The van der Waals surface area contributed by atoms with E-state index in [1.54, 1.807) is 29.8 Å². The Bertz CT molecular complexity index is 1230. The topological polar surface area (TPSA) is 52.0 Å². The van der Waals surface area contributed by atoms with E-state index in [1.165, 1.54) is 12.1 Å². The summed E-state index contributed by atoms with van der Waals surface area (Å²) < 4.78 is 22.0. The van der Waals surface area contributed by atoms with Gasteiger partial charge in [-0.15, -0.1) is 11.3 Å². The summed E-state index contributed by atoms with van der Waals surface area (Å²) >= 11 is 1.67. The molecule has 5 nitrogen and oxygen atoms in total. The van der Waals surface area contributed by atoms with Crippen LogP contribution < -0.4 is 10.1 Å². The summed E-state index contributed by atoms with van der Waals surface area (Å²) in [4.78, 5) is 5.55. The molecule has 0 amide bonds. The minimum atomic E-state index is -0.377. The maximum atomic E-state index is 13.6. The van der Waals surface area contributed by atoms with Crippen molar-refractivity contribution in [1.29, 1.82) is 0 Å². The molecule has 2 unspecified atom stereocenters. The van der Waals surface area contributed by atoms with Crippen LogP contribution in [0.4, 0.5) is 10.3 Å². The standard InChI is InChI=1S/C22H15FN4OS/c23-14-9-7-13(8-10-14)21-18-19(15-4-1-2-5-16(15)28-21)26-22-24-12-25-27(22)20(18)17-6-3-11-29-17/h1-12,20-21H,(H,24,25,26). The highest BCUT2D eigenvalue weighted by Crippen LogP contribution is 2.51. The Balaban J connectivity index is 1.63. The zero-order chi connectivity index (χ0) is 19.4. The van der Waals surface area contributed by atoms with Gasteiger partial charge in [0.25, 0.3) is 0 Å². The number of halogens is 1. The Kier molecular flexibility index (Phi) is 3.57. The van der Waals surface area contributed by atoms with Gasteiger partial charge in [-0.05, 0) is 41.3 Å². The van der Waals surface area contributed by atoms with Crippen LogP contribution in [-0.4, -0.2) is 14.8 Å². The van der Waals surface area contributed by atoms with Crippen molar-refractivity contribution >= 4 is 23.0 Å². The van der Waals surface area contributed by atoms with Crippen LogP contribution in [0.2, 0.25) is 0 Å². The van der Waals surface area contributed by atoms with E-state index in [0.29, 0.717) is 5.95 Å². The van der Waals surface area contributed by atoms with Crippen LogP contribution in [-0.2, 0) is 0 Å². The van der Waals surface area contributed by atoms with Gasteiger partial charge in [0, 0.05) is 16.0 Å². The summed E-state index contributed by atoms with van der Waals surface area (Å²) in [6.45, 7) is 0. The molecule has 29 heavy (non-hydrogen) atoms. The summed E-state index contributed by atoms with van der Waals surface area (Å²) in [6, 6.07) is 18.4. The van der Waals surface area contributed by atoms with E-state index >= 15 is 0 Å². The second-order valence-corrected chi connectivity index (χ2v) is 7.93. The molecule has 0 saturated heterocycles. The number of fused-ring (bicyclic) bond motifs is 3. The number of nitrogens with zero attached hydrogens (tertiary/aromatic N) is 3. The van der Waals surface area contributed by atoms with Gasteiger partial charge in [0.2, 0.25) is 5.95 Å². The third kappa shape index (κ3) is 2.51. The molecular formula is C22H15FN4OS. The normalized spacial score (nSPS) is 19.6. The molecule has 2 atom stereocenters. The maximum absolute atomic E-state index is 13.6. The Morgan fingerprint density at radius 1 is 1.03 bits per heavy atom. The van der Waals surface area contributed by atoms with Crippen molar-refractivity contribution in [3.63, 3.8) is 0 Å². The Hall–Kier alpha value is -3.45. The fraction of sp³-hybridized carbons (Fsp3) is 0.0909. The molecular weight excluding hydrogens is 387 g/mol. The molecule has 2 aliphatic rings. The maximum Gasteiger partial charge on any atom is 0.226 e. The van der Waals surface area contributed by atoms with E-state index in [2.05, 4.69) is 26.8 Å². The van der Waals surface area contributed by atoms with E-state index in [9.17, 15) is 4.39 Å². The van der Waals surface area contributed by atoms with Crippen molar-refractivity contribution in [1.82, 2.24) is 14.8 Å². The number of rotatable bonds is 2. The van der Waals surface area contributed by atoms with Gasteiger partial charge in [-0.3, -0.25) is 0 Å². The number of anilines is 1. The number of nitrogens with one attached hydrogen (secondary N) is 1. The number of aromatic nitrogens is 3. The van der Waals surface area contributed by atoms with Crippen LogP contribution in [0.5, 0.6) is 5.75 Å². The molecule has 0 spiro atoms. The number of thiophene rings is 1. The second kappa shape index (κ2) is 6.28. The molecule has 0 radical (unpaired) electrons. The van der Waals surface area contributed by atoms with Gasteiger partial charge in [-0.1, -0.05) is 30.3 Å². The number of para-hydroxylation sites is 1. The molecule has 142 valence electrons. The third-order valence-electron chi connectivity index (χ3n) is 5.31. The van der Waals surface area contributed by atoms with Gasteiger partial charge < -0.3 is 10.1 Å². The summed E-state index contributed by atoms with van der Waals surface area (Å²) in [6.07, 6.45) is 1.18. The number of ether oxygens (including phenoxy) is 1. The Morgan fingerprint density at radius 3 is 2.72 bits per heavy atom. The van der Waals surface area contributed by atoms with Gasteiger partial charge >= 0.3 is 0 Å². The third-order valence-corrected chi connectivity index (χ3v) is 6.23. The summed E-state index contributed by atoms with van der Waals surface area (Å²) in [5.74, 6) is 1.21. The van der Waals surface area contributed by atoms with Crippen molar-refractivity contribution in [2.24, 2.45) is 0 Å². The molecule has 2 aliphatic heterocycles. The SMILES string of the molecule is Fc1ccc(C2Oc3ccccc3C3=C2C(c2cccs2)n2ncnc2N3)cc1. The van der Waals surface area contributed by atoms with Gasteiger partial charge in [0.1, 0.15) is 30.0 Å². The minimum absolute atomic E-state index is 0.160. The lowest BCUT2D eigenvalue weighted by Crippen LogP contribution is -2.32. The summed E-state index contributed by atoms with van der Waals surface area (Å²) in [7, 11) is 0. The molecule has 0 aliphatic carbocycles. The van der Waals surface area contributed by atoms with Gasteiger partial charge in [-0.2, -0.15) is 10.1 Å². The number of benzene rings is 2. The van der Waals surface area contributed by atoms with E-state index in [4.69, 9.17) is 4.74 Å². The number of hydrogen-bond acceptors (Lipinski definition) is 5. The first-order valence-electron chi connectivity index (χ1n) is 9.25. The largest absolute Gasteiger partial charge is 0.480 e. The van der Waals surface area contributed by atoms with Gasteiger partial charge in [-0.25, -0.2) is 9.07 Å². The Morgan fingerprint density at radius 2 is 1.90 bits per heavy atom. The average molecular weight is 402 g/mol. The molecule has 1 N–H and O–H groups in total. The van der Waals surface area contributed by atoms with Crippen LogP contribution in [0.25, 0.3) is 5.70 Å². The fourth-order valence-corrected chi connectivity index (χ4v) is 4.88. The second-order valence-electron chi connectivity index (χ2n) is 6.95. The molecule has 6 rings (SSSR count). The predicted octanol–water partition coefficient (Wildman–Crippen LogP) is 5.04. The monoisotopic (exact) mass is 402 g/mol. The first kappa shape index (κ1) is 16.5. The first-order chi connectivity index (χ1) is 14.3. The molecule has 2 aromatic carbocycles. The van der Waals surface area contributed by atoms with E-state index < -0.39 is 0 Å². The van der Waals surface area contributed by atoms with Crippen LogP contribution in [0, 0.1) is 5.82 Å². The van der Waals surface area contributed by atoms with Crippen LogP contribution in [0.15, 0.2) is 77.9 Å². The summed E-state index contributed by atoms with van der Waals surface area (Å²) in [5.41, 5.74) is 3.88. The van der Waals surface area contributed by atoms with Gasteiger partial charge in [0.05, 0.1) is 5.70 Å². The van der Waals surface area contributed by atoms with Crippen LogP contribution >= 0.6 is 11.3 Å². The van der Waals surface area contributed by atoms with Crippen molar-refractivity contribution in [3.8, 4) is 5.75 Å². The molecule has 7 heteroatoms. The smallest absolute Gasteiger partial charge is 0.226 e.